The Morgan fingerprint density at radius 2 is 2.14 bits per heavy atom. The highest BCUT2D eigenvalue weighted by molar-refractivity contribution is 7.15. The number of benzene rings is 1. The molecule has 3 aromatic rings. The minimum atomic E-state index is 0.124. The van der Waals surface area contributed by atoms with E-state index in [1.54, 1.807) is 11.3 Å². The van der Waals surface area contributed by atoms with E-state index in [1.165, 1.54) is 12.8 Å². The lowest BCUT2D eigenvalue weighted by Crippen LogP contribution is -2.33. The second kappa shape index (κ2) is 5.15. The van der Waals surface area contributed by atoms with Crippen molar-refractivity contribution in [3.63, 3.8) is 0 Å². The van der Waals surface area contributed by atoms with Crippen molar-refractivity contribution in [2.75, 3.05) is 0 Å². The maximum absolute atomic E-state index is 12.2. The van der Waals surface area contributed by atoms with Crippen LogP contribution in [0.1, 0.15) is 31.4 Å². The molecule has 0 atom stereocenters. The third-order valence-corrected chi connectivity index (χ3v) is 5.05. The van der Waals surface area contributed by atoms with E-state index in [0.717, 1.165) is 34.5 Å². The van der Waals surface area contributed by atoms with E-state index in [-0.39, 0.29) is 5.91 Å². The van der Waals surface area contributed by atoms with Gasteiger partial charge in [-0.05, 0) is 25.0 Å². The zero-order chi connectivity index (χ0) is 14.2. The van der Waals surface area contributed by atoms with Crippen LogP contribution in [0.15, 0.2) is 29.6 Å². The molecule has 0 aliphatic heterocycles. The SMILES string of the molecule is O=C(Cc1csc2nc3ccccc3n12)NC1CCCC1. The van der Waals surface area contributed by atoms with Crippen molar-refractivity contribution in [3.8, 4) is 0 Å². The average molecular weight is 299 g/mol. The van der Waals surface area contributed by atoms with Crippen LogP contribution in [0.4, 0.5) is 0 Å². The normalized spacial score (nSPS) is 16.0. The fourth-order valence-electron chi connectivity index (χ4n) is 3.17. The number of para-hydroxylation sites is 2. The maximum atomic E-state index is 12.2. The van der Waals surface area contributed by atoms with E-state index in [4.69, 9.17) is 0 Å². The van der Waals surface area contributed by atoms with Gasteiger partial charge in [-0.1, -0.05) is 25.0 Å². The van der Waals surface area contributed by atoms with Crippen LogP contribution >= 0.6 is 11.3 Å². The third kappa shape index (κ3) is 2.31. The van der Waals surface area contributed by atoms with Crippen LogP contribution in [0.25, 0.3) is 16.0 Å². The molecule has 2 heterocycles. The van der Waals surface area contributed by atoms with Gasteiger partial charge in [-0.15, -0.1) is 11.3 Å². The van der Waals surface area contributed by atoms with E-state index >= 15 is 0 Å². The highest BCUT2D eigenvalue weighted by atomic mass is 32.1. The number of thiazole rings is 1. The minimum Gasteiger partial charge on any atom is -0.353 e. The van der Waals surface area contributed by atoms with Gasteiger partial charge in [0.25, 0.3) is 0 Å². The first-order valence-electron chi connectivity index (χ1n) is 7.44. The van der Waals surface area contributed by atoms with Crippen LogP contribution < -0.4 is 5.32 Å². The Bertz CT molecular complexity index is 798. The van der Waals surface area contributed by atoms with Crippen LogP contribution in [0, 0.1) is 0 Å². The number of rotatable bonds is 3. The predicted molar refractivity (Wildman–Crippen MR) is 84.7 cm³/mol. The van der Waals surface area contributed by atoms with Gasteiger partial charge in [-0.3, -0.25) is 9.20 Å². The van der Waals surface area contributed by atoms with Gasteiger partial charge >= 0.3 is 0 Å². The van der Waals surface area contributed by atoms with Crippen LogP contribution in [0.5, 0.6) is 0 Å². The molecule has 1 amide bonds. The Morgan fingerprint density at radius 1 is 1.33 bits per heavy atom. The minimum absolute atomic E-state index is 0.124. The molecule has 0 unspecified atom stereocenters. The molecule has 1 aliphatic rings. The second-order valence-electron chi connectivity index (χ2n) is 5.67. The zero-order valence-electron chi connectivity index (χ0n) is 11.7. The highest BCUT2D eigenvalue weighted by Gasteiger charge is 2.18. The quantitative estimate of drug-likeness (QED) is 0.807. The Morgan fingerprint density at radius 3 is 3.00 bits per heavy atom. The van der Waals surface area contributed by atoms with Crippen molar-refractivity contribution < 1.29 is 4.79 Å². The molecule has 4 nitrogen and oxygen atoms in total. The first-order valence-corrected chi connectivity index (χ1v) is 8.32. The van der Waals surface area contributed by atoms with Crippen LogP contribution in [-0.4, -0.2) is 21.3 Å². The molecular weight excluding hydrogens is 282 g/mol. The van der Waals surface area contributed by atoms with Crippen molar-refractivity contribution in [1.29, 1.82) is 0 Å². The standard InChI is InChI=1S/C16H17N3OS/c20-15(17-11-5-1-2-6-11)9-12-10-21-16-18-13-7-3-4-8-14(13)19(12)16/h3-4,7-8,10-11H,1-2,5-6,9H2,(H,17,20). The summed E-state index contributed by atoms with van der Waals surface area (Å²) in [5.41, 5.74) is 3.10. The first-order chi connectivity index (χ1) is 10.3. The molecule has 1 aliphatic carbocycles. The molecule has 0 saturated heterocycles. The largest absolute Gasteiger partial charge is 0.353 e. The molecule has 2 aromatic heterocycles. The summed E-state index contributed by atoms with van der Waals surface area (Å²) in [6, 6.07) is 8.45. The van der Waals surface area contributed by atoms with E-state index in [0.29, 0.717) is 12.5 Å². The van der Waals surface area contributed by atoms with Gasteiger partial charge in [-0.25, -0.2) is 4.98 Å². The zero-order valence-corrected chi connectivity index (χ0v) is 12.5. The Hall–Kier alpha value is -1.88. The Labute approximate surface area is 126 Å². The summed E-state index contributed by atoms with van der Waals surface area (Å²) in [7, 11) is 0. The van der Waals surface area contributed by atoms with Crippen molar-refractivity contribution in [3.05, 3.63) is 35.3 Å². The van der Waals surface area contributed by atoms with Crippen molar-refractivity contribution in [1.82, 2.24) is 14.7 Å². The number of carbonyl (C=O) groups excluding carboxylic acids is 1. The number of fused-ring (bicyclic) bond motifs is 3. The molecule has 1 N–H and O–H groups in total. The van der Waals surface area contributed by atoms with E-state index in [1.807, 2.05) is 23.6 Å². The Balaban J connectivity index is 1.62. The second-order valence-corrected chi connectivity index (χ2v) is 6.51. The monoisotopic (exact) mass is 299 g/mol. The van der Waals surface area contributed by atoms with Gasteiger partial charge in [0.15, 0.2) is 4.96 Å². The number of nitrogens with one attached hydrogen (secondary N) is 1. The number of imidazole rings is 1. The van der Waals surface area contributed by atoms with Gasteiger partial charge in [0, 0.05) is 17.1 Å². The molecule has 0 radical (unpaired) electrons. The summed E-state index contributed by atoms with van der Waals surface area (Å²) in [4.78, 5) is 17.8. The third-order valence-electron chi connectivity index (χ3n) is 4.18. The summed E-state index contributed by atoms with van der Waals surface area (Å²) in [6.45, 7) is 0. The summed E-state index contributed by atoms with van der Waals surface area (Å²) < 4.78 is 2.11. The predicted octanol–water partition coefficient (Wildman–Crippen LogP) is 3.15. The van der Waals surface area contributed by atoms with E-state index < -0.39 is 0 Å². The Kier molecular flexibility index (Phi) is 3.15. The first kappa shape index (κ1) is 12.8. The summed E-state index contributed by atoms with van der Waals surface area (Å²) in [5, 5.41) is 5.20. The van der Waals surface area contributed by atoms with Crippen LogP contribution in [0.3, 0.4) is 0 Å². The average Bonchev–Trinajstić information content (AvgIpc) is 3.16. The molecule has 21 heavy (non-hydrogen) atoms. The van der Waals surface area contributed by atoms with Crippen molar-refractivity contribution in [2.24, 2.45) is 0 Å². The summed E-state index contributed by atoms with van der Waals surface area (Å²) in [5.74, 6) is 0.124. The molecule has 0 spiro atoms. The molecule has 1 fully saturated rings. The molecule has 108 valence electrons. The topological polar surface area (TPSA) is 46.4 Å². The number of nitrogens with zero attached hydrogens (tertiary/aromatic N) is 2. The van der Waals surface area contributed by atoms with E-state index in [9.17, 15) is 4.79 Å². The van der Waals surface area contributed by atoms with Crippen LogP contribution in [0.2, 0.25) is 0 Å². The lowest BCUT2D eigenvalue weighted by molar-refractivity contribution is -0.121. The van der Waals surface area contributed by atoms with Crippen LogP contribution in [-0.2, 0) is 11.2 Å². The van der Waals surface area contributed by atoms with E-state index in [2.05, 4.69) is 20.8 Å². The molecule has 1 aromatic carbocycles. The summed E-state index contributed by atoms with van der Waals surface area (Å²) >= 11 is 1.60. The fraction of sp³-hybridized carbons (Fsp3) is 0.375. The molecule has 0 bridgehead atoms. The number of hydrogen-bond acceptors (Lipinski definition) is 3. The lowest BCUT2D eigenvalue weighted by atomic mass is 10.2. The van der Waals surface area contributed by atoms with Crippen molar-refractivity contribution >= 4 is 33.2 Å². The van der Waals surface area contributed by atoms with Gasteiger partial charge in [0.2, 0.25) is 5.91 Å². The van der Waals surface area contributed by atoms with Gasteiger partial charge < -0.3 is 5.32 Å². The summed E-state index contributed by atoms with van der Waals surface area (Å²) in [6.07, 6.45) is 5.15. The highest BCUT2D eigenvalue weighted by Crippen LogP contribution is 2.24. The van der Waals surface area contributed by atoms with Gasteiger partial charge in [0.05, 0.1) is 17.5 Å². The number of carbonyl (C=O) groups is 1. The van der Waals surface area contributed by atoms with Crippen molar-refractivity contribution in [2.45, 2.75) is 38.1 Å². The molecule has 5 heteroatoms. The smallest absolute Gasteiger partial charge is 0.226 e. The molecule has 1 saturated carbocycles. The number of amides is 1. The maximum Gasteiger partial charge on any atom is 0.226 e. The van der Waals surface area contributed by atoms with Gasteiger partial charge in [0.1, 0.15) is 0 Å². The molecule has 4 rings (SSSR count). The lowest BCUT2D eigenvalue weighted by Gasteiger charge is -2.11. The molecular formula is C16H17N3OS. The number of aromatic nitrogens is 2. The number of hydrogen-bond donors (Lipinski definition) is 1. The fourth-order valence-corrected chi connectivity index (χ4v) is 4.07. The van der Waals surface area contributed by atoms with Gasteiger partial charge in [-0.2, -0.15) is 0 Å².